The van der Waals surface area contributed by atoms with Crippen molar-refractivity contribution in [2.45, 2.75) is 32.3 Å². The topological polar surface area (TPSA) is 90.2 Å². The summed E-state index contributed by atoms with van der Waals surface area (Å²) in [5, 5.41) is 4.01. The molecule has 8 heteroatoms. The van der Waals surface area contributed by atoms with Gasteiger partial charge in [0.2, 0.25) is 0 Å². The first kappa shape index (κ1) is 17.1. The number of rotatable bonds is 4. The van der Waals surface area contributed by atoms with Gasteiger partial charge in [0.1, 0.15) is 11.8 Å². The molecule has 1 fully saturated rings. The van der Waals surface area contributed by atoms with Crippen molar-refractivity contribution in [3.05, 3.63) is 46.1 Å². The molecule has 0 saturated carbocycles. The number of piperidine rings is 1. The molecule has 8 nitrogen and oxygen atoms in total. The van der Waals surface area contributed by atoms with Crippen LogP contribution in [-0.2, 0) is 13.5 Å². The Balaban J connectivity index is 1.56. The van der Waals surface area contributed by atoms with Gasteiger partial charge in [0, 0.05) is 51.4 Å². The summed E-state index contributed by atoms with van der Waals surface area (Å²) in [6, 6.07) is 3.20. The molecular formula is C17H21N5O3. The zero-order valence-corrected chi connectivity index (χ0v) is 14.4. The van der Waals surface area contributed by atoms with Crippen LogP contribution in [0.5, 0.6) is 6.01 Å². The molecule has 3 rings (SSSR count). The van der Waals surface area contributed by atoms with E-state index in [4.69, 9.17) is 4.74 Å². The van der Waals surface area contributed by atoms with Crippen LogP contribution >= 0.6 is 0 Å². The molecule has 0 atom stereocenters. The first-order chi connectivity index (χ1) is 12.1. The summed E-state index contributed by atoms with van der Waals surface area (Å²) in [6.07, 6.45) is 5.83. The number of hydrogen-bond donors (Lipinski definition) is 0. The van der Waals surface area contributed by atoms with Crippen LogP contribution in [0.2, 0.25) is 0 Å². The molecule has 1 aliphatic heterocycles. The van der Waals surface area contributed by atoms with Gasteiger partial charge in [-0.3, -0.25) is 9.59 Å². The third-order valence-corrected chi connectivity index (χ3v) is 4.27. The SMILES string of the molecule is CCc1cnc(OC2CCN(C(=O)c3ccc(=O)n(C)n3)CC2)nc1. The van der Waals surface area contributed by atoms with Crippen LogP contribution in [0.3, 0.4) is 0 Å². The van der Waals surface area contributed by atoms with Gasteiger partial charge in [-0.25, -0.2) is 14.6 Å². The van der Waals surface area contributed by atoms with E-state index in [9.17, 15) is 9.59 Å². The van der Waals surface area contributed by atoms with E-state index in [-0.39, 0.29) is 23.3 Å². The minimum Gasteiger partial charge on any atom is -0.460 e. The molecule has 0 aliphatic carbocycles. The summed E-state index contributed by atoms with van der Waals surface area (Å²) in [6.45, 7) is 3.19. The van der Waals surface area contributed by atoms with Crippen LogP contribution in [0.4, 0.5) is 0 Å². The summed E-state index contributed by atoms with van der Waals surface area (Å²) < 4.78 is 6.97. The third-order valence-electron chi connectivity index (χ3n) is 4.27. The Bertz CT molecular complexity index is 795. The Morgan fingerprint density at radius 3 is 2.52 bits per heavy atom. The summed E-state index contributed by atoms with van der Waals surface area (Å²) in [7, 11) is 1.53. The zero-order valence-electron chi connectivity index (χ0n) is 14.4. The van der Waals surface area contributed by atoms with Crippen molar-refractivity contribution in [1.29, 1.82) is 0 Å². The summed E-state index contributed by atoms with van der Waals surface area (Å²) in [5.74, 6) is -0.169. The second kappa shape index (κ2) is 7.42. The highest BCUT2D eigenvalue weighted by atomic mass is 16.5. The van der Waals surface area contributed by atoms with E-state index < -0.39 is 0 Å². The Kier molecular flexibility index (Phi) is 5.06. The van der Waals surface area contributed by atoms with E-state index in [1.807, 2.05) is 6.92 Å². The summed E-state index contributed by atoms with van der Waals surface area (Å²) >= 11 is 0. The molecule has 3 heterocycles. The van der Waals surface area contributed by atoms with Crippen LogP contribution in [0, 0.1) is 0 Å². The molecule has 1 aliphatic rings. The number of ether oxygens (including phenoxy) is 1. The maximum absolute atomic E-state index is 12.5. The smallest absolute Gasteiger partial charge is 0.316 e. The molecule has 1 amide bonds. The van der Waals surface area contributed by atoms with Crippen molar-refractivity contribution < 1.29 is 9.53 Å². The maximum atomic E-state index is 12.5. The van der Waals surface area contributed by atoms with Gasteiger partial charge >= 0.3 is 6.01 Å². The number of amides is 1. The fourth-order valence-electron chi connectivity index (χ4n) is 2.69. The molecule has 132 valence electrons. The normalized spacial score (nSPS) is 15.2. The number of likely N-dealkylation sites (tertiary alicyclic amines) is 1. The van der Waals surface area contributed by atoms with Gasteiger partial charge in [-0.15, -0.1) is 0 Å². The molecule has 0 N–H and O–H groups in total. The second-order valence-electron chi connectivity index (χ2n) is 6.02. The van der Waals surface area contributed by atoms with E-state index >= 15 is 0 Å². The molecule has 0 aromatic carbocycles. The van der Waals surface area contributed by atoms with E-state index in [1.165, 1.54) is 23.9 Å². The number of hydrogen-bond acceptors (Lipinski definition) is 6. The lowest BCUT2D eigenvalue weighted by atomic mass is 10.1. The minimum atomic E-state index is -0.238. The van der Waals surface area contributed by atoms with Gasteiger partial charge in [0.25, 0.3) is 11.5 Å². The molecule has 0 bridgehead atoms. The fourth-order valence-corrected chi connectivity index (χ4v) is 2.69. The largest absolute Gasteiger partial charge is 0.460 e. The van der Waals surface area contributed by atoms with E-state index in [2.05, 4.69) is 15.1 Å². The van der Waals surface area contributed by atoms with E-state index in [1.54, 1.807) is 17.3 Å². The summed E-state index contributed by atoms with van der Waals surface area (Å²) in [5.41, 5.74) is 1.11. The minimum absolute atomic E-state index is 0.00962. The number of nitrogens with zero attached hydrogens (tertiary/aromatic N) is 5. The Hall–Kier alpha value is -2.77. The van der Waals surface area contributed by atoms with Crippen LogP contribution in [-0.4, -0.2) is 49.7 Å². The molecular weight excluding hydrogens is 322 g/mol. The number of aromatic nitrogens is 4. The fraction of sp³-hybridized carbons (Fsp3) is 0.471. The van der Waals surface area contributed by atoms with Crippen LogP contribution < -0.4 is 10.3 Å². The van der Waals surface area contributed by atoms with Crippen molar-refractivity contribution in [2.75, 3.05) is 13.1 Å². The molecule has 1 saturated heterocycles. The molecule has 2 aromatic rings. The monoisotopic (exact) mass is 343 g/mol. The Labute approximate surface area is 145 Å². The lowest BCUT2D eigenvalue weighted by molar-refractivity contribution is 0.0571. The third kappa shape index (κ3) is 4.01. The summed E-state index contributed by atoms with van der Waals surface area (Å²) in [4.78, 5) is 34.0. The van der Waals surface area contributed by atoms with Crippen molar-refractivity contribution in [3.63, 3.8) is 0 Å². The van der Waals surface area contributed by atoms with E-state index in [0.717, 1.165) is 12.0 Å². The number of carbonyl (C=O) groups is 1. The predicted octanol–water partition coefficient (Wildman–Crippen LogP) is 0.816. The van der Waals surface area contributed by atoms with Crippen LogP contribution in [0.25, 0.3) is 0 Å². The highest BCUT2D eigenvalue weighted by Crippen LogP contribution is 2.17. The van der Waals surface area contributed by atoms with E-state index in [0.29, 0.717) is 31.9 Å². The van der Waals surface area contributed by atoms with Gasteiger partial charge < -0.3 is 9.64 Å². The number of carbonyl (C=O) groups excluding carboxylic acids is 1. The van der Waals surface area contributed by atoms with Crippen molar-refractivity contribution >= 4 is 5.91 Å². The van der Waals surface area contributed by atoms with Crippen molar-refractivity contribution in [2.24, 2.45) is 7.05 Å². The van der Waals surface area contributed by atoms with Gasteiger partial charge in [0.05, 0.1) is 0 Å². The highest BCUT2D eigenvalue weighted by molar-refractivity contribution is 5.92. The molecule has 0 spiro atoms. The van der Waals surface area contributed by atoms with Crippen LogP contribution in [0.15, 0.2) is 29.3 Å². The van der Waals surface area contributed by atoms with Crippen molar-refractivity contribution in [3.8, 4) is 6.01 Å². The Morgan fingerprint density at radius 1 is 1.24 bits per heavy atom. The number of aryl methyl sites for hydroxylation is 2. The predicted molar refractivity (Wildman–Crippen MR) is 90.4 cm³/mol. The lowest BCUT2D eigenvalue weighted by Gasteiger charge is -2.31. The van der Waals surface area contributed by atoms with Crippen LogP contribution in [0.1, 0.15) is 35.8 Å². The molecule has 0 radical (unpaired) electrons. The lowest BCUT2D eigenvalue weighted by Crippen LogP contribution is -2.42. The average molecular weight is 343 g/mol. The Morgan fingerprint density at radius 2 is 1.92 bits per heavy atom. The maximum Gasteiger partial charge on any atom is 0.316 e. The van der Waals surface area contributed by atoms with Gasteiger partial charge in [0.15, 0.2) is 0 Å². The average Bonchev–Trinajstić information content (AvgIpc) is 2.65. The van der Waals surface area contributed by atoms with Gasteiger partial charge in [-0.05, 0) is 18.1 Å². The first-order valence-corrected chi connectivity index (χ1v) is 8.38. The first-order valence-electron chi connectivity index (χ1n) is 8.38. The standard InChI is InChI=1S/C17H21N5O3/c1-3-12-10-18-17(19-11-12)25-13-6-8-22(9-7-13)16(24)14-4-5-15(23)21(2)20-14/h4-5,10-11,13H,3,6-9H2,1-2H3. The zero-order chi connectivity index (χ0) is 17.8. The second-order valence-corrected chi connectivity index (χ2v) is 6.02. The van der Waals surface area contributed by atoms with Gasteiger partial charge in [-0.2, -0.15) is 5.10 Å². The van der Waals surface area contributed by atoms with Crippen molar-refractivity contribution in [1.82, 2.24) is 24.6 Å². The van der Waals surface area contributed by atoms with Gasteiger partial charge in [-0.1, -0.05) is 6.92 Å². The highest BCUT2D eigenvalue weighted by Gasteiger charge is 2.26. The molecule has 25 heavy (non-hydrogen) atoms. The molecule has 2 aromatic heterocycles. The molecule has 0 unspecified atom stereocenters. The quantitative estimate of drug-likeness (QED) is 0.816.